The van der Waals surface area contributed by atoms with Crippen LogP contribution in [0.3, 0.4) is 0 Å². The lowest BCUT2D eigenvalue weighted by molar-refractivity contribution is 0.0745. The molecule has 0 saturated carbocycles. The second-order valence-corrected chi connectivity index (χ2v) is 9.82. The number of anilines is 1. The molecule has 0 aliphatic carbocycles. The smallest absolute Gasteiger partial charge is 0.254 e. The summed E-state index contributed by atoms with van der Waals surface area (Å²) in [6.45, 7) is 3.93. The Kier molecular flexibility index (Phi) is 6.91. The molecule has 2 aromatic carbocycles. The third-order valence-electron chi connectivity index (χ3n) is 5.83. The molecule has 1 N–H and O–H groups in total. The summed E-state index contributed by atoms with van der Waals surface area (Å²) in [5.41, 5.74) is 2.43. The van der Waals surface area contributed by atoms with E-state index in [1.807, 2.05) is 35.2 Å². The first kappa shape index (κ1) is 23.4. The summed E-state index contributed by atoms with van der Waals surface area (Å²) in [6, 6.07) is 19.5. The predicted molar refractivity (Wildman–Crippen MR) is 129 cm³/mol. The molecule has 1 aromatic heterocycles. The number of nitriles is 1. The molecule has 8 nitrogen and oxygen atoms in total. The standard InChI is InChI=1S/C25H25N5O3S/c1-19-9-10-22(34(32,33)28-18-20-6-3-2-4-7-20)16-23(19)25(31)30-14-12-29(13-15-30)24-21(17-26)8-5-11-27-24/h2-11,16,28H,12-15,18H2,1H3. The van der Waals surface area contributed by atoms with Crippen LogP contribution >= 0.6 is 0 Å². The molecule has 0 unspecified atom stereocenters. The minimum absolute atomic E-state index is 0.0585. The largest absolute Gasteiger partial charge is 0.352 e. The second-order valence-electron chi connectivity index (χ2n) is 8.05. The van der Waals surface area contributed by atoms with Crippen molar-refractivity contribution in [2.24, 2.45) is 0 Å². The fourth-order valence-electron chi connectivity index (χ4n) is 3.88. The van der Waals surface area contributed by atoms with E-state index in [0.717, 1.165) is 5.56 Å². The van der Waals surface area contributed by atoms with E-state index >= 15 is 0 Å². The van der Waals surface area contributed by atoms with E-state index in [1.54, 1.807) is 36.2 Å². The number of rotatable bonds is 6. The Balaban J connectivity index is 1.46. The summed E-state index contributed by atoms with van der Waals surface area (Å²) in [5, 5.41) is 9.33. The zero-order valence-electron chi connectivity index (χ0n) is 18.8. The molecule has 0 radical (unpaired) electrons. The number of aromatic nitrogens is 1. The monoisotopic (exact) mass is 475 g/mol. The molecular weight excluding hydrogens is 450 g/mol. The lowest BCUT2D eigenvalue weighted by Gasteiger charge is -2.36. The van der Waals surface area contributed by atoms with Crippen LogP contribution in [0.15, 0.2) is 71.8 Å². The highest BCUT2D eigenvalue weighted by molar-refractivity contribution is 7.89. The van der Waals surface area contributed by atoms with Crippen molar-refractivity contribution in [3.05, 3.63) is 89.1 Å². The van der Waals surface area contributed by atoms with E-state index < -0.39 is 10.0 Å². The molecule has 34 heavy (non-hydrogen) atoms. The van der Waals surface area contributed by atoms with Crippen molar-refractivity contribution in [1.82, 2.24) is 14.6 Å². The molecule has 174 valence electrons. The molecule has 1 aliphatic rings. The Labute approximate surface area is 199 Å². The number of carbonyl (C=O) groups excluding carboxylic acids is 1. The molecule has 0 atom stereocenters. The molecule has 3 aromatic rings. The van der Waals surface area contributed by atoms with Gasteiger partial charge < -0.3 is 9.80 Å². The number of hydrogen-bond acceptors (Lipinski definition) is 6. The highest BCUT2D eigenvalue weighted by Crippen LogP contribution is 2.21. The average molecular weight is 476 g/mol. The summed E-state index contributed by atoms with van der Waals surface area (Å²) in [7, 11) is -3.78. The molecule has 1 amide bonds. The van der Waals surface area contributed by atoms with E-state index in [-0.39, 0.29) is 17.3 Å². The first-order valence-corrected chi connectivity index (χ1v) is 12.4. The third-order valence-corrected chi connectivity index (χ3v) is 7.23. The van der Waals surface area contributed by atoms with Crippen molar-refractivity contribution in [3.63, 3.8) is 0 Å². The van der Waals surface area contributed by atoms with Gasteiger partial charge in [0.05, 0.1) is 10.5 Å². The van der Waals surface area contributed by atoms with Gasteiger partial charge in [-0.25, -0.2) is 18.1 Å². The van der Waals surface area contributed by atoms with Gasteiger partial charge in [0.15, 0.2) is 0 Å². The van der Waals surface area contributed by atoms with Crippen LogP contribution in [0.5, 0.6) is 0 Å². The molecule has 1 fully saturated rings. The number of benzene rings is 2. The zero-order valence-corrected chi connectivity index (χ0v) is 19.6. The summed E-state index contributed by atoms with van der Waals surface area (Å²) in [6.07, 6.45) is 1.65. The lowest BCUT2D eigenvalue weighted by atomic mass is 10.1. The second kappa shape index (κ2) is 10.0. The molecule has 0 bridgehead atoms. The summed E-state index contributed by atoms with van der Waals surface area (Å²) < 4.78 is 28.3. The molecular formula is C25H25N5O3S. The molecule has 2 heterocycles. The minimum atomic E-state index is -3.78. The number of carbonyl (C=O) groups is 1. The van der Waals surface area contributed by atoms with Crippen molar-refractivity contribution in [2.45, 2.75) is 18.4 Å². The Morgan fingerprint density at radius 2 is 1.79 bits per heavy atom. The first-order chi connectivity index (χ1) is 16.4. The van der Waals surface area contributed by atoms with Crippen molar-refractivity contribution in [2.75, 3.05) is 31.1 Å². The Morgan fingerprint density at radius 1 is 1.06 bits per heavy atom. The van der Waals surface area contributed by atoms with Gasteiger partial charge in [0, 0.05) is 44.5 Å². The number of amides is 1. The highest BCUT2D eigenvalue weighted by atomic mass is 32.2. The maximum Gasteiger partial charge on any atom is 0.254 e. The average Bonchev–Trinajstić information content (AvgIpc) is 2.88. The molecule has 9 heteroatoms. The van der Waals surface area contributed by atoms with Crippen LogP contribution in [0.1, 0.15) is 27.0 Å². The van der Waals surface area contributed by atoms with Gasteiger partial charge >= 0.3 is 0 Å². The number of sulfonamides is 1. The maximum atomic E-state index is 13.3. The van der Waals surface area contributed by atoms with Crippen molar-refractivity contribution in [1.29, 1.82) is 5.26 Å². The van der Waals surface area contributed by atoms with Crippen LogP contribution < -0.4 is 9.62 Å². The zero-order chi connectivity index (χ0) is 24.1. The number of pyridine rings is 1. The minimum Gasteiger partial charge on any atom is -0.352 e. The highest BCUT2D eigenvalue weighted by Gasteiger charge is 2.26. The topological polar surface area (TPSA) is 106 Å². The summed E-state index contributed by atoms with van der Waals surface area (Å²) >= 11 is 0. The van der Waals surface area contributed by atoms with E-state index in [1.165, 1.54) is 12.1 Å². The number of hydrogen-bond donors (Lipinski definition) is 1. The number of piperazine rings is 1. The molecule has 0 spiro atoms. The Bertz CT molecular complexity index is 1330. The van der Waals surface area contributed by atoms with E-state index in [4.69, 9.17) is 0 Å². The quantitative estimate of drug-likeness (QED) is 0.588. The molecule has 1 aliphatic heterocycles. The van der Waals surface area contributed by atoms with E-state index in [9.17, 15) is 18.5 Å². The first-order valence-electron chi connectivity index (χ1n) is 10.9. The fourth-order valence-corrected chi connectivity index (χ4v) is 4.93. The van der Waals surface area contributed by atoms with Gasteiger partial charge in [-0.15, -0.1) is 0 Å². The van der Waals surface area contributed by atoms with E-state index in [0.29, 0.717) is 48.7 Å². The summed E-state index contributed by atoms with van der Waals surface area (Å²) in [4.78, 5) is 21.3. The van der Waals surface area contributed by atoms with Crippen LogP contribution in [-0.2, 0) is 16.6 Å². The normalized spacial score (nSPS) is 14.0. The SMILES string of the molecule is Cc1ccc(S(=O)(=O)NCc2ccccc2)cc1C(=O)N1CCN(c2ncccc2C#N)CC1. The lowest BCUT2D eigenvalue weighted by Crippen LogP contribution is -2.49. The van der Waals surface area contributed by atoms with Gasteiger partial charge in [0.1, 0.15) is 11.9 Å². The van der Waals surface area contributed by atoms with Crippen molar-refractivity contribution < 1.29 is 13.2 Å². The van der Waals surface area contributed by atoms with Gasteiger partial charge in [0.2, 0.25) is 10.0 Å². The number of nitrogens with one attached hydrogen (secondary N) is 1. The van der Waals surface area contributed by atoms with Gasteiger partial charge in [-0.05, 0) is 42.3 Å². The molecule has 4 rings (SSSR count). The van der Waals surface area contributed by atoms with Crippen LogP contribution in [0.2, 0.25) is 0 Å². The van der Waals surface area contributed by atoms with Crippen molar-refractivity contribution in [3.8, 4) is 6.07 Å². The number of aryl methyl sites for hydroxylation is 1. The van der Waals surface area contributed by atoms with E-state index in [2.05, 4.69) is 15.8 Å². The van der Waals surface area contributed by atoms with Gasteiger partial charge in [-0.3, -0.25) is 4.79 Å². The summed E-state index contributed by atoms with van der Waals surface area (Å²) in [5.74, 6) is 0.407. The van der Waals surface area contributed by atoms with Gasteiger partial charge in [0.25, 0.3) is 5.91 Å². The van der Waals surface area contributed by atoms with Crippen LogP contribution in [-0.4, -0.2) is 50.4 Å². The van der Waals surface area contributed by atoms with Crippen LogP contribution in [0.25, 0.3) is 0 Å². The van der Waals surface area contributed by atoms with Gasteiger partial charge in [-0.2, -0.15) is 5.26 Å². The van der Waals surface area contributed by atoms with Crippen LogP contribution in [0.4, 0.5) is 5.82 Å². The number of nitrogens with zero attached hydrogens (tertiary/aromatic N) is 4. The Morgan fingerprint density at radius 3 is 2.50 bits per heavy atom. The van der Waals surface area contributed by atoms with Crippen LogP contribution in [0, 0.1) is 18.3 Å². The molecule has 1 saturated heterocycles. The fraction of sp³-hybridized carbons (Fsp3) is 0.240. The Hall–Kier alpha value is -3.74. The van der Waals surface area contributed by atoms with Gasteiger partial charge in [-0.1, -0.05) is 36.4 Å². The predicted octanol–water partition coefficient (Wildman–Crippen LogP) is 2.70. The third kappa shape index (κ3) is 5.09. The van der Waals surface area contributed by atoms with Crippen molar-refractivity contribution >= 4 is 21.7 Å². The maximum absolute atomic E-state index is 13.3.